The lowest BCUT2D eigenvalue weighted by molar-refractivity contribution is -0.113. The predicted octanol–water partition coefficient (Wildman–Crippen LogP) is 4.48. The Bertz CT molecular complexity index is 1100. The lowest BCUT2D eigenvalue weighted by Crippen LogP contribution is -2.31. The SMILES string of the molecule is CC1=C(C(=O)Nc2cccc(C)c2C)C(c2cccc(Cl)c2)n2ncnc2N1. The van der Waals surface area contributed by atoms with Gasteiger partial charge in [-0.2, -0.15) is 10.1 Å². The number of carbonyl (C=O) groups excluding carboxylic acids is 1. The Labute approximate surface area is 168 Å². The fourth-order valence-electron chi connectivity index (χ4n) is 3.45. The molecule has 28 heavy (non-hydrogen) atoms. The van der Waals surface area contributed by atoms with Crippen molar-refractivity contribution >= 4 is 29.1 Å². The van der Waals surface area contributed by atoms with Gasteiger partial charge < -0.3 is 10.6 Å². The van der Waals surface area contributed by atoms with Crippen LogP contribution in [-0.2, 0) is 4.79 Å². The van der Waals surface area contributed by atoms with Crippen LogP contribution in [0.2, 0.25) is 5.02 Å². The molecule has 1 atom stereocenters. The molecule has 0 radical (unpaired) electrons. The molecule has 4 rings (SSSR count). The van der Waals surface area contributed by atoms with E-state index in [9.17, 15) is 4.79 Å². The lowest BCUT2D eigenvalue weighted by atomic mass is 9.95. The average molecular weight is 394 g/mol. The number of allylic oxidation sites excluding steroid dienone is 1. The van der Waals surface area contributed by atoms with Gasteiger partial charge in [-0.3, -0.25) is 4.79 Å². The summed E-state index contributed by atoms with van der Waals surface area (Å²) in [6, 6.07) is 12.9. The van der Waals surface area contributed by atoms with Gasteiger partial charge in [-0.05, 0) is 55.7 Å². The normalized spacial score (nSPS) is 15.8. The van der Waals surface area contributed by atoms with Crippen molar-refractivity contribution in [2.75, 3.05) is 10.6 Å². The molecule has 1 aliphatic rings. The summed E-state index contributed by atoms with van der Waals surface area (Å²) >= 11 is 6.22. The second-order valence-electron chi connectivity index (χ2n) is 6.85. The quantitative estimate of drug-likeness (QED) is 0.688. The molecule has 0 spiro atoms. The van der Waals surface area contributed by atoms with Crippen molar-refractivity contribution in [2.24, 2.45) is 0 Å². The summed E-state index contributed by atoms with van der Waals surface area (Å²) < 4.78 is 1.71. The van der Waals surface area contributed by atoms with Crippen molar-refractivity contribution in [3.63, 3.8) is 0 Å². The van der Waals surface area contributed by atoms with Gasteiger partial charge in [0.15, 0.2) is 0 Å². The average Bonchev–Trinajstić information content (AvgIpc) is 3.12. The number of benzene rings is 2. The van der Waals surface area contributed by atoms with Crippen molar-refractivity contribution in [3.05, 3.63) is 81.8 Å². The maximum absolute atomic E-state index is 13.3. The van der Waals surface area contributed by atoms with Crippen molar-refractivity contribution in [1.29, 1.82) is 0 Å². The highest BCUT2D eigenvalue weighted by molar-refractivity contribution is 6.30. The molecule has 0 fully saturated rings. The summed E-state index contributed by atoms with van der Waals surface area (Å²) in [5.41, 5.74) is 5.12. The molecule has 0 saturated carbocycles. The Morgan fingerprint density at radius 2 is 1.96 bits per heavy atom. The van der Waals surface area contributed by atoms with Crippen LogP contribution in [-0.4, -0.2) is 20.7 Å². The van der Waals surface area contributed by atoms with Crippen LogP contribution < -0.4 is 10.6 Å². The molecule has 1 amide bonds. The third kappa shape index (κ3) is 3.16. The maximum atomic E-state index is 13.3. The van der Waals surface area contributed by atoms with E-state index in [1.807, 2.05) is 57.2 Å². The number of hydrogen-bond donors (Lipinski definition) is 2. The smallest absolute Gasteiger partial charge is 0.255 e. The van der Waals surface area contributed by atoms with Crippen LogP contribution >= 0.6 is 11.6 Å². The largest absolute Gasteiger partial charge is 0.328 e. The molecular formula is C21H20ClN5O. The van der Waals surface area contributed by atoms with E-state index in [1.165, 1.54) is 6.33 Å². The Morgan fingerprint density at radius 1 is 1.18 bits per heavy atom. The fourth-order valence-corrected chi connectivity index (χ4v) is 3.64. The first-order valence-corrected chi connectivity index (χ1v) is 9.34. The molecule has 1 unspecified atom stereocenters. The predicted molar refractivity (Wildman–Crippen MR) is 110 cm³/mol. The molecule has 142 valence electrons. The van der Waals surface area contributed by atoms with Gasteiger partial charge >= 0.3 is 0 Å². The first-order valence-electron chi connectivity index (χ1n) is 8.96. The number of rotatable bonds is 3. The third-order valence-corrected chi connectivity index (χ3v) is 5.29. The summed E-state index contributed by atoms with van der Waals surface area (Å²) in [5, 5.41) is 11.2. The van der Waals surface area contributed by atoms with E-state index >= 15 is 0 Å². The molecule has 7 heteroatoms. The number of carbonyl (C=O) groups is 1. The molecular weight excluding hydrogens is 374 g/mol. The van der Waals surface area contributed by atoms with E-state index in [0.29, 0.717) is 16.5 Å². The van der Waals surface area contributed by atoms with Crippen LogP contribution in [0, 0.1) is 13.8 Å². The second kappa shape index (κ2) is 7.13. The van der Waals surface area contributed by atoms with E-state index in [0.717, 1.165) is 28.1 Å². The zero-order valence-corrected chi connectivity index (χ0v) is 16.6. The van der Waals surface area contributed by atoms with Crippen LogP contribution in [0.5, 0.6) is 0 Å². The minimum absolute atomic E-state index is 0.190. The number of aromatic nitrogens is 3. The summed E-state index contributed by atoms with van der Waals surface area (Å²) in [6.45, 7) is 5.89. The van der Waals surface area contributed by atoms with E-state index < -0.39 is 6.04 Å². The maximum Gasteiger partial charge on any atom is 0.255 e. The molecule has 6 nitrogen and oxygen atoms in total. The van der Waals surface area contributed by atoms with Gasteiger partial charge in [0.2, 0.25) is 5.95 Å². The van der Waals surface area contributed by atoms with Crippen LogP contribution in [0.4, 0.5) is 11.6 Å². The van der Waals surface area contributed by atoms with E-state index in [2.05, 4.69) is 20.7 Å². The van der Waals surface area contributed by atoms with Gasteiger partial charge in [-0.15, -0.1) is 0 Å². The van der Waals surface area contributed by atoms with Crippen LogP contribution in [0.1, 0.15) is 29.7 Å². The first-order chi connectivity index (χ1) is 13.5. The first kappa shape index (κ1) is 18.3. The number of anilines is 2. The molecule has 0 saturated heterocycles. The summed E-state index contributed by atoms with van der Waals surface area (Å²) in [5.74, 6) is 0.399. The molecule has 3 aromatic rings. The molecule has 0 aliphatic carbocycles. The topological polar surface area (TPSA) is 71.8 Å². The highest BCUT2D eigenvalue weighted by Crippen LogP contribution is 2.36. The zero-order valence-electron chi connectivity index (χ0n) is 15.8. The van der Waals surface area contributed by atoms with E-state index in [1.54, 1.807) is 10.7 Å². The molecule has 2 heterocycles. The summed E-state index contributed by atoms with van der Waals surface area (Å²) in [6.07, 6.45) is 1.47. The molecule has 1 aliphatic heterocycles. The van der Waals surface area contributed by atoms with Crippen LogP contribution in [0.15, 0.2) is 60.1 Å². The number of amides is 1. The standard InChI is InChI=1S/C21H20ClN5O/c1-12-6-4-9-17(13(12)2)26-20(28)18-14(3)25-21-23-11-24-27(21)19(18)15-7-5-8-16(22)10-15/h4-11,19H,1-3H3,(H,26,28)(H,23,24,25). The summed E-state index contributed by atoms with van der Waals surface area (Å²) in [7, 11) is 0. The van der Waals surface area contributed by atoms with Gasteiger partial charge in [-0.25, -0.2) is 4.68 Å². The van der Waals surface area contributed by atoms with Crippen molar-refractivity contribution < 1.29 is 4.79 Å². The van der Waals surface area contributed by atoms with E-state index in [4.69, 9.17) is 11.6 Å². The lowest BCUT2D eigenvalue weighted by Gasteiger charge is -2.29. The summed E-state index contributed by atoms with van der Waals surface area (Å²) in [4.78, 5) is 17.6. The van der Waals surface area contributed by atoms with Crippen molar-refractivity contribution in [2.45, 2.75) is 26.8 Å². The Kier molecular flexibility index (Phi) is 4.65. The number of nitrogens with one attached hydrogen (secondary N) is 2. The van der Waals surface area contributed by atoms with Gasteiger partial charge in [0.25, 0.3) is 5.91 Å². The third-order valence-electron chi connectivity index (χ3n) is 5.06. The van der Waals surface area contributed by atoms with Crippen LogP contribution in [0.25, 0.3) is 0 Å². The Morgan fingerprint density at radius 3 is 2.75 bits per heavy atom. The molecule has 2 N–H and O–H groups in total. The van der Waals surface area contributed by atoms with Gasteiger partial charge in [0.1, 0.15) is 12.4 Å². The van der Waals surface area contributed by atoms with Crippen LogP contribution in [0.3, 0.4) is 0 Å². The van der Waals surface area contributed by atoms with Gasteiger partial charge in [0.05, 0.1) is 5.57 Å². The molecule has 2 aromatic carbocycles. The highest BCUT2D eigenvalue weighted by Gasteiger charge is 2.33. The van der Waals surface area contributed by atoms with E-state index in [-0.39, 0.29) is 5.91 Å². The van der Waals surface area contributed by atoms with Gasteiger partial charge in [0, 0.05) is 16.4 Å². The number of aryl methyl sites for hydroxylation is 1. The number of fused-ring (bicyclic) bond motifs is 1. The minimum atomic E-state index is -0.428. The number of hydrogen-bond acceptors (Lipinski definition) is 4. The molecule has 1 aromatic heterocycles. The van der Waals surface area contributed by atoms with Crippen molar-refractivity contribution in [3.8, 4) is 0 Å². The number of halogens is 1. The second-order valence-corrected chi connectivity index (χ2v) is 7.29. The highest BCUT2D eigenvalue weighted by atomic mass is 35.5. The fraction of sp³-hybridized carbons (Fsp3) is 0.190. The Balaban J connectivity index is 1.78. The number of nitrogens with zero attached hydrogens (tertiary/aromatic N) is 3. The monoisotopic (exact) mass is 393 g/mol. The zero-order chi connectivity index (χ0) is 19.8. The molecule has 0 bridgehead atoms. The van der Waals surface area contributed by atoms with Crippen molar-refractivity contribution in [1.82, 2.24) is 14.8 Å². The Hall–Kier alpha value is -3.12. The van der Waals surface area contributed by atoms with Gasteiger partial charge in [-0.1, -0.05) is 35.9 Å². The minimum Gasteiger partial charge on any atom is -0.328 e.